The highest BCUT2D eigenvalue weighted by Gasteiger charge is 2.26. The Kier molecular flexibility index (Phi) is 6.12. The van der Waals surface area contributed by atoms with E-state index in [1.54, 1.807) is 0 Å². The van der Waals surface area contributed by atoms with Crippen LogP contribution in [0.1, 0.15) is 33.1 Å². The Morgan fingerprint density at radius 1 is 1.06 bits per heavy atom. The first kappa shape index (κ1) is 15.0. The molecule has 2 N–H and O–H groups in total. The van der Waals surface area contributed by atoms with E-state index in [9.17, 15) is 9.59 Å². The van der Waals surface area contributed by atoms with Gasteiger partial charge in [-0.05, 0) is 12.8 Å². The lowest BCUT2D eigenvalue weighted by atomic mass is 10.0. The van der Waals surface area contributed by atoms with Crippen molar-refractivity contribution in [1.82, 2.24) is 9.80 Å². The molecule has 0 aromatic heterocycles. The van der Waals surface area contributed by atoms with Crippen molar-refractivity contribution < 1.29 is 9.59 Å². The molecule has 0 radical (unpaired) electrons. The van der Waals surface area contributed by atoms with Crippen LogP contribution in [0.25, 0.3) is 0 Å². The monoisotopic (exact) mass is 255 g/mol. The van der Waals surface area contributed by atoms with Crippen molar-refractivity contribution in [3.63, 3.8) is 0 Å². The summed E-state index contributed by atoms with van der Waals surface area (Å²) in [5, 5.41) is 0. The molecule has 1 rings (SSSR count). The molecular formula is C13H25N3O2. The van der Waals surface area contributed by atoms with Crippen LogP contribution in [-0.2, 0) is 9.59 Å². The number of hydrogen-bond acceptors (Lipinski definition) is 3. The molecule has 5 heteroatoms. The van der Waals surface area contributed by atoms with Gasteiger partial charge in [0.25, 0.3) is 0 Å². The van der Waals surface area contributed by atoms with Gasteiger partial charge in [0.15, 0.2) is 0 Å². The van der Waals surface area contributed by atoms with Gasteiger partial charge < -0.3 is 15.5 Å². The molecule has 0 saturated carbocycles. The largest absolute Gasteiger partial charge is 0.339 e. The van der Waals surface area contributed by atoms with Gasteiger partial charge in [0.05, 0.1) is 0 Å². The number of carbonyl (C=O) groups is 2. The highest BCUT2D eigenvalue weighted by molar-refractivity contribution is 5.80. The molecule has 1 heterocycles. The fourth-order valence-corrected chi connectivity index (χ4v) is 2.35. The minimum atomic E-state index is 0.104. The summed E-state index contributed by atoms with van der Waals surface area (Å²) in [4.78, 5) is 27.5. The quantitative estimate of drug-likeness (QED) is 0.775. The summed E-state index contributed by atoms with van der Waals surface area (Å²) in [7, 11) is 0. The molecule has 1 aliphatic heterocycles. The normalized spacial score (nSPS) is 16.2. The fraction of sp³-hybridized carbons (Fsp3) is 0.846. The maximum Gasteiger partial charge on any atom is 0.225 e. The SMILES string of the molecule is CCC(CC)C(=O)N1CCN(C(=O)CCN)CC1. The van der Waals surface area contributed by atoms with Crippen molar-refractivity contribution in [2.24, 2.45) is 11.7 Å². The Morgan fingerprint density at radius 2 is 1.56 bits per heavy atom. The molecule has 1 aliphatic rings. The molecule has 0 aliphatic carbocycles. The summed E-state index contributed by atoms with van der Waals surface area (Å²) in [6.07, 6.45) is 2.18. The van der Waals surface area contributed by atoms with Crippen molar-refractivity contribution in [1.29, 1.82) is 0 Å². The topological polar surface area (TPSA) is 66.6 Å². The molecule has 2 amide bonds. The molecule has 0 aromatic carbocycles. The zero-order valence-corrected chi connectivity index (χ0v) is 11.5. The minimum Gasteiger partial charge on any atom is -0.339 e. The molecule has 1 fully saturated rings. The lowest BCUT2D eigenvalue weighted by molar-refractivity contribution is -0.142. The molecule has 0 atom stereocenters. The van der Waals surface area contributed by atoms with Crippen LogP contribution < -0.4 is 5.73 Å². The summed E-state index contributed by atoms with van der Waals surface area (Å²) < 4.78 is 0. The van der Waals surface area contributed by atoms with Gasteiger partial charge in [0, 0.05) is 45.1 Å². The maximum atomic E-state index is 12.2. The van der Waals surface area contributed by atoms with Crippen LogP contribution in [0.2, 0.25) is 0 Å². The molecule has 0 unspecified atom stereocenters. The summed E-state index contributed by atoms with van der Waals surface area (Å²) >= 11 is 0. The number of amides is 2. The number of nitrogens with zero attached hydrogens (tertiary/aromatic N) is 2. The van der Waals surface area contributed by atoms with E-state index in [1.807, 2.05) is 23.6 Å². The van der Waals surface area contributed by atoms with E-state index in [0.29, 0.717) is 39.1 Å². The zero-order valence-electron chi connectivity index (χ0n) is 11.5. The first-order valence-corrected chi connectivity index (χ1v) is 6.90. The maximum absolute atomic E-state index is 12.2. The fourth-order valence-electron chi connectivity index (χ4n) is 2.35. The van der Waals surface area contributed by atoms with Crippen LogP contribution in [0, 0.1) is 5.92 Å². The lowest BCUT2D eigenvalue weighted by Gasteiger charge is -2.36. The molecule has 0 spiro atoms. The van der Waals surface area contributed by atoms with Crippen molar-refractivity contribution in [3.8, 4) is 0 Å². The van der Waals surface area contributed by atoms with Crippen molar-refractivity contribution in [3.05, 3.63) is 0 Å². The minimum absolute atomic E-state index is 0.104. The second-order valence-corrected chi connectivity index (χ2v) is 4.76. The van der Waals surface area contributed by atoms with Crippen LogP contribution in [0.4, 0.5) is 0 Å². The van der Waals surface area contributed by atoms with Gasteiger partial charge in [0.1, 0.15) is 0 Å². The predicted molar refractivity (Wildman–Crippen MR) is 70.9 cm³/mol. The zero-order chi connectivity index (χ0) is 13.5. The highest BCUT2D eigenvalue weighted by atomic mass is 16.2. The molecule has 104 valence electrons. The van der Waals surface area contributed by atoms with Gasteiger partial charge in [-0.2, -0.15) is 0 Å². The van der Waals surface area contributed by atoms with E-state index in [-0.39, 0.29) is 17.7 Å². The smallest absolute Gasteiger partial charge is 0.225 e. The van der Waals surface area contributed by atoms with Gasteiger partial charge in [-0.15, -0.1) is 0 Å². The predicted octanol–water partition coefficient (Wildman–Crippen LogP) is 0.442. The number of nitrogens with two attached hydrogens (primary N) is 1. The number of piperazine rings is 1. The molecule has 5 nitrogen and oxygen atoms in total. The Balaban J connectivity index is 2.43. The summed E-state index contributed by atoms with van der Waals surface area (Å²) in [6, 6.07) is 0. The van der Waals surface area contributed by atoms with Crippen molar-refractivity contribution in [2.75, 3.05) is 32.7 Å². The van der Waals surface area contributed by atoms with E-state index in [4.69, 9.17) is 5.73 Å². The van der Waals surface area contributed by atoms with Crippen LogP contribution in [0.5, 0.6) is 0 Å². The second kappa shape index (κ2) is 7.36. The Bertz CT molecular complexity index is 282. The van der Waals surface area contributed by atoms with E-state index >= 15 is 0 Å². The van der Waals surface area contributed by atoms with Crippen molar-refractivity contribution in [2.45, 2.75) is 33.1 Å². The highest BCUT2D eigenvalue weighted by Crippen LogP contribution is 2.14. The molecule has 0 aromatic rings. The second-order valence-electron chi connectivity index (χ2n) is 4.76. The van der Waals surface area contributed by atoms with Crippen LogP contribution in [0.3, 0.4) is 0 Å². The lowest BCUT2D eigenvalue weighted by Crippen LogP contribution is -2.52. The van der Waals surface area contributed by atoms with Gasteiger partial charge in [-0.25, -0.2) is 0 Å². The third kappa shape index (κ3) is 3.70. The summed E-state index contributed by atoms with van der Waals surface area (Å²) in [5.74, 6) is 0.481. The molecular weight excluding hydrogens is 230 g/mol. The van der Waals surface area contributed by atoms with Gasteiger partial charge in [-0.3, -0.25) is 9.59 Å². The number of carbonyl (C=O) groups excluding carboxylic acids is 2. The summed E-state index contributed by atoms with van der Waals surface area (Å²) in [5.41, 5.74) is 5.38. The Hall–Kier alpha value is -1.10. The van der Waals surface area contributed by atoms with Gasteiger partial charge in [-0.1, -0.05) is 13.8 Å². The van der Waals surface area contributed by atoms with E-state index in [1.165, 1.54) is 0 Å². The number of hydrogen-bond donors (Lipinski definition) is 1. The molecule has 18 heavy (non-hydrogen) atoms. The Labute approximate surface area is 109 Å². The third-order valence-electron chi connectivity index (χ3n) is 3.64. The average Bonchev–Trinajstić information content (AvgIpc) is 2.40. The third-order valence-corrected chi connectivity index (χ3v) is 3.64. The average molecular weight is 255 g/mol. The van der Waals surface area contributed by atoms with E-state index in [0.717, 1.165) is 12.8 Å². The Morgan fingerprint density at radius 3 is 2.00 bits per heavy atom. The van der Waals surface area contributed by atoms with E-state index < -0.39 is 0 Å². The molecule has 0 bridgehead atoms. The molecule has 1 saturated heterocycles. The van der Waals surface area contributed by atoms with Crippen LogP contribution in [0.15, 0.2) is 0 Å². The van der Waals surface area contributed by atoms with E-state index in [2.05, 4.69) is 0 Å². The summed E-state index contributed by atoms with van der Waals surface area (Å²) in [6.45, 7) is 7.10. The van der Waals surface area contributed by atoms with Crippen LogP contribution >= 0.6 is 0 Å². The standard InChI is InChI=1S/C13H25N3O2/c1-3-11(4-2)13(18)16-9-7-15(8-10-16)12(17)5-6-14/h11H,3-10,14H2,1-2H3. The van der Waals surface area contributed by atoms with Gasteiger partial charge in [0.2, 0.25) is 11.8 Å². The van der Waals surface area contributed by atoms with Crippen molar-refractivity contribution >= 4 is 11.8 Å². The van der Waals surface area contributed by atoms with Gasteiger partial charge >= 0.3 is 0 Å². The first-order valence-electron chi connectivity index (χ1n) is 6.90. The first-order chi connectivity index (χ1) is 8.63. The van der Waals surface area contributed by atoms with Crippen LogP contribution in [-0.4, -0.2) is 54.3 Å². The number of rotatable bonds is 5.